The summed E-state index contributed by atoms with van der Waals surface area (Å²) in [5.74, 6) is -105. The van der Waals surface area contributed by atoms with Gasteiger partial charge in [-0.25, -0.2) is 8.42 Å². The number of hydrogen-bond donors (Lipinski definition) is 0. The van der Waals surface area contributed by atoms with Crippen LogP contribution in [-0.2, 0) is 10.1 Å². The Morgan fingerprint density at radius 2 is 0.422 bits per heavy atom. The van der Waals surface area contributed by atoms with E-state index in [-0.39, 0.29) is 29.6 Å². The van der Waals surface area contributed by atoms with Crippen molar-refractivity contribution in [2.24, 2.45) is 0 Å². The van der Waals surface area contributed by atoms with Gasteiger partial charge in [0.2, 0.25) is 0 Å². The monoisotopic (exact) mass is 775 g/mol. The van der Waals surface area contributed by atoms with E-state index in [1.807, 2.05) is 0 Å². The maximum Gasteiger partial charge on any atom is 1.00 e. The summed E-state index contributed by atoms with van der Waals surface area (Å²) in [7, 11) is -8.55. The minimum Gasteiger partial charge on any atom is -0.743 e. The van der Waals surface area contributed by atoms with Crippen LogP contribution in [-0.4, -0.2) is 89.5 Å². The van der Waals surface area contributed by atoms with Gasteiger partial charge in [-0.2, -0.15) is 119 Å². The zero-order chi connectivity index (χ0) is 37.0. The minimum absolute atomic E-state index is 0. The number of rotatable bonds is 12. The summed E-state index contributed by atoms with van der Waals surface area (Å²) in [5, 5.41) is -8.39. The van der Waals surface area contributed by atoms with Gasteiger partial charge in [0.1, 0.15) is 0 Å². The fourth-order valence-electron chi connectivity index (χ4n) is 2.29. The summed E-state index contributed by atoms with van der Waals surface area (Å²) in [5.41, 5.74) is 0. The number of alkyl halides is 27. The molecule has 0 amide bonds. The summed E-state index contributed by atoms with van der Waals surface area (Å²) < 4.78 is 384. The van der Waals surface area contributed by atoms with Crippen LogP contribution in [0.2, 0.25) is 0 Å². The summed E-state index contributed by atoms with van der Waals surface area (Å²) in [6.07, 6.45) is -8.29. The van der Waals surface area contributed by atoms with Gasteiger partial charge in [-0.05, 0) is 0 Å². The molecule has 0 radical (unpaired) electrons. The van der Waals surface area contributed by atoms with Gasteiger partial charge in [0.05, 0.1) is 0 Å². The second-order valence-electron chi connectivity index (χ2n) is 7.79. The predicted octanol–water partition coefficient (Wildman–Crippen LogP) is 4.68. The standard InChI is InChI=1S/C13HF27O3S.Na/c14-1(15,2(16,17)4(20,21)6(24,25)8(28,29)10(32,33)12(36,37)38)3(18,19)5(22,23)7(26,27)9(30,31)11(34,35)13(39,40)44(41,42)43;/h(H,41,42,43);/q;+1/p-1/i9+1,11+1,13+1;. The summed E-state index contributed by atoms with van der Waals surface area (Å²) in [4.78, 5) is 0. The molecule has 0 aliphatic rings. The van der Waals surface area contributed by atoms with Crippen LogP contribution in [0.15, 0.2) is 0 Å². The molecule has 0 unspecified atom stereocenters. The van der Waals surface area contributed by atoms with E-state index in [2.05, 4.69) is 0 Å². The molecule has 0 heterocycles. The minimum atomic E-state index is -9.93. The summed E-state index contributed by atoms with van der Waals surface area (Å²) >= 11 is 0. The van der Waals surface area contributed by atoms with E-state index in [0.29, 0.717) is 0 Å². The first-order valence-electron chi connectivity index (χ1n) is 8.81. The molecule has 266 valence electrons. The van der Waals surface area contributed by atoms with Gasteiger partial charge >= 0.3 is 106 Å². The first kappa shape index (κ1) is 46.1. The zero-order valence-corrected chi connectivity index (χ0v) is 22.2. The maximum atomic E-state index is 13.6. The van der Waals surface area contributed by atoms with E-state index < -0.39 is 86.7 Å². The van der Waals surface area contributed by atoms with E-state index in [4.69, 9.17) is 0 Å². The van der Waals surface area contributed by atoms with Crippen LogP contribution >= 0.6 is 0 Å². The summed E-state index contributed by atoms with van der Waals surface area (Å²) in [6.45, 7) is 0. The van der Waals surface area contributed by atoms with Crippen molar-refractivity contribution >= 4 is 10.1 Å². The van der Waals surface area contributed by atoms with Crippen molar-refractivity contribution in [3.63, 3.8) is 0 Å². The molecule has 0 spiro atoms. The molecule has 0 bridgehead atoms. The molecule has 0 rings (SSSR count). The van der Waals surface area contributed by atoms with Crippen molar-refractivity contribution in [2.75, 3.05) is 0 Å². The first-order chi connectivity index (χ1) is 18.2. The molecule has 0 saturated heterocycles. The van der Waals surface area contributed by atoms with E-state index in [9.17, 15) is 132 Å². The Balaban J connectivity index is 0. The van der Waals surface area contributed by atoms with Crippen LogP contribution in [0.1, 0.15) is 0 Å². The molecule has 0 fully saturated rings. The van der Waals surface area contributed by atoms with Crippen LogP contribution in [0.3, 0.4) is 0 Å². The Morgan fingerprint density at radius 1 is 0.289 bits per heavy atom. The van der Waals surface area contributed by atoms with E-state index in [1.54, 1.807) is 0 Å². The summed E-state index contributed by atoms with van der Waals surface area (Å²) in [6, 6.07) is 0. The molecule has 0 saturated carbocycles. The van der Waals surface area contributed by atoms with E-state index in [0.717, 1.165) is 0 Å². The zero-order valence-electron chi connectivity index (χ0n) is 19.3. The number of halogens is 27. The fraction of sp³-hybridized carbons (Fsp3) is 1.00. The molecule has 0 aliphatic heterocycles. The first-order valence-corrected chi connectivity index (χ1v) is 10.2. The molecule has 45 heavy (non-hydrogen) atoms. The Morgan fingerprint density at radius 3 is 0.556 bits per heavy atom. The molecule has 0 aromatic carbocycles. The quantitative estimate of drug-likeness (QED) is 0.125. The van der Waals surface area contributed by atoms with Gasteiger partial charge in [0.15, 0.2) is 10.1 Å². The molecular weight excluding hydrogens is 775 g/mol. The molecule has 0 aromatic heterocycles. The van der Waals surface area contributed by atoms with Gasteiger partial charge in [-0.15, -0.1) is 0 Å². The van der Waals surface area contributed by atoms with E-state index in [1.165, 1.54) is 0 Å². The van der Waals surface area contributed by atoms with Crippen LogP contribution < -0.4 is 29.6 Å². The average molecular weight is 775 g/mol. The van der Waals surface area contributed by atoms with Gasteiger partial charge in [-0.1, -0.05) is 0 Å². The van der Waals surface area contributed by atoms with Crippen molar-refractivity contribution in [3.05, 3.63) is 0 Å². The van der Waals surface area contributed by atoms with Crippen LogP contribution in [0.4, 0.5) is 119 Å². The smallest absolute Gasteiger partial charge is 0.743 e. The molecule has 3 nitrogen and oxygen atoms in total. The van der Waals surface area contributed by atoms with Crippen molar-refractivity contribution in [1.82, 2.24) is 0 Å². The molecule has 0 atom stereocenters. The number of hydrogen-bond acceptors (Lipinski definition) is 3. The van der Waals surface area contributed by atoms with Crippen LogP contribution in [0.5, 0.6) is 0 Å². The van der Waals surface area contributed by atoms with Gasteiger partial charge < -0.3 is 4.55 Å². The predicted molar refractivity (Wildman–Crippen MR) is 75.1 cm³/mol. The molecule has 0 N–H and O–H groups in total. The SMILES string of the molecule is O=S(=O)([O-])[13C](F)(F)[13C](F)(F)[13C](F)(F)C(F)(F)C(F)(F)C(F)(F)C(F)(F)C(F)(F)C(F)(F)C(F)(F)C(F)(F)C(F)(F)C(F)(F)F.[Na+]. The maximum absolute atomic E-state index is 13.6. The normalized spacial score (nSPS) is 16.9. The third-order valence-corrected chi connectivity index (χ3v) is 5.86. The topological polar surface area (TPSA) is 57.2 Å². The van der Waals surface area contributed by atoms with Crippen LogP contribution in [0, 0.1) is 0 Å². The molecule has 0 aliphatic carbocycles. The second-order valence-corrected chi connectivity index (χ2v) is 9.21. The van der Waals surface area contributed by atoms with Gasteiger partial charge in [-0.3, -0.25) is 0 Å². The largest absolute Gasteiger partial charge is 1.00 e. The Labute approximate surface area is 248 Å². The molecule has 32 heteroatoms. The van der Waals surface area contributed by atoms with Gasteiger partial charge in [0.25, 0.3) is 0 Å². The average Bonchev–Trinajstić information content (AvgIpc) is 2.75. The third-order valence-electron chi connectivity index (χ3n) is 4.98. The van der Waals surface area contributed by atoms with Crippen molar-refractivity contribution in [1.29, 1.82) is 0 Å². The van der Waals surface area contributed by atoms with Gasteiger partial charge in [0, 0.05) is 0 Å². The molecule has 0 aromatic rings. The van der Waals surface area contributed by atoms with Crippen molar-refractivity contribution < 1.29 is 161 Å². The molecular formula is C13F27NaO3S. The Kier molecular flexibility index (Phi) is 11.3. The third kappa shape index (κ3) is 5.38. The van der Waals surface area contributed by atoms with Crippen molar-refractivity contribution in [2.45, 2.75) is 76.6 Å². The van der Waals surface area contributed by atoms with Crippen molar-refractivity contribution in [3.8, 4) is 0 Å². The second kappa shape index (κ2) is 11.0. The van der Waals surface area contributed by atoms with E-state index >= 15 is 0 Å². The van der Waals surface area contributed by atoms with Crippen LogP contribution in [0.25, 0.3) is 0 Å². The Hall–Kier alpha value is -0.980. The fourth-order valence-corrected chi connectivity index (χ4v) is 2.73. The Bertz CT molecular complexity index is 1200.